The van der Waals surface area contributed by atoms with Crippen molar-refractivity contribution in [2.75, 3.05) is 17.7 Å². The molecule has 2 rings (SSSR count). The van der Waals surface area contributed by atoms with E-state index in [0.29, 0.717) is 22.1 Å². The first-order chi connectivity index (χ1) is 9.52. The Hall–Kier alpha value is -1.79. The first-order valence-electron chi connectivity index (χ1n) is 5.70. The Labute approximate surface area is 129 Å². The number of rotatable bonds is 4. The van der Waals surface area contributed by atoms with Crippen LogP contribution >= 0.6 is 27.5 Å². The summed E-state index contributed by atoms with van der Waals surface area (Å²) in [6.07, 6.45) is 0. The minimum Gasteiger partial charge on any atom is -0.382 e. The summed E-state index contributed by atoms with van der Waals surface area (Å²) in [4.78, 5) is 10.8. The van der Waals surface area contributed by atoms with E-state index in [1.165, 1.54) is 0 Å². The molecule has 20 heavy (non-hydrogen) atoms. The number of hydrogen-bond donors (Lipinski definition) is 2. The predicted molar refractivity (Wildman–Crippen MR) is 85.1 cm³/mol. The highest BCUT2D eigenvalue weighted by Crippen LogP contribution is 2.35. The first-order valence-corrected chi connectivity index (χ1v) is 6.87. The predicted octanol–water partition coefficient (Wildman–Crippen LogP) is 4.80. The number of nitrogens with one attached hydrogen (secondary N) is 2. The standard InChI is InChI=1S/C13H11BrClN3O2/c1-16-11-3-2-4-12(13(11)18(19)20)17-8-5-6-9(14)10(15)7-8/h2-7,16-17H,1H3. The normalized spacial score (nSPS) is 10.2. The topological polar surface area (TPSA) is 67.2 Å². The van der Waals surface area contributed by atoms with Gasteiger partial charge in [-0.25, -0.2) is 0 Å². The van der Waals surface area contributed by atoms with Gasteiger partial charge >= 0.3 is 5.69 Å². The number of para-hydroxylation sites is 1. The Morgan fingerprint density at radius 1 is 1.25 bits per heavy atom. The van der Waals surface area contributed by atoms with Crippen LogP contribution in [-0.2, 0) is 0 Å². The number of nitro groups is 1. The van der Waals surface area contributed by atoms with Crippen LogP contribution in [-0.4, -0.2) is 12.0 Å². The summed E-state index contributed by atoms with van der Waals surface area (Å²) in [5.74, 6) is 0. The fraction of sp³-hybridized carbons (Fsp3) is 0.0769. The van der Waals surface area contributed by atoms with Crippen molar-refractivity contribution in [3.05, 3.63) is 56.0 Å². The number of nitrogens with zero attached hydrogens (tertiary/aromatic N) is 1. The van der Waals surface area contributed by atoms with Crippen LogP contribution in [0.4, 0.5) is 22.7 Å². The van der Waals surface area contributed by atoms with Crippen LogP contribution < -0.4 is 10.6 Å². The van der Waals surface area contributed by atoms with E-state index >= 15 is 0 Å². The zero-order valence-corrected chi connectivity index (χ0v) is 12.8. The Balaban J connectivity index is 2.42. The van der Waals surface area contributed by atoms with E-state index in [4.69, 9.17) is 11.6 Å². The highest BCUT2D eigenvalue weighted by atomic mass is 79.9. The van der Waals surface area contributed by atoms with Crippen LogP contribution in [0.25, 0.3) is 0 Å². The Morgan fingerprint density at radius 3 is 2.55 bits per heavy atom. The average molecular weight is 357 g/mol. The molecular weight excluding hydrogens is 346 g/mol. The van der Waals surface area contributed by atoms with Crippen molar-refractivity contribution in [2.45, 2.75) is 0 Å². The fourth-order valence-corrected chi connectivity index (χ4v) is 2.20. The Morgan fingerprint density at radius 2 is 1.95 bits per heavy atom. The molecule has 0 unspecified atom stereocenters. The molecule has 0 heterocycles. The quantitative estimate of drug-likeness (QED) is 0.610. The summed E-state index contributed by atoms with van der Waals surface area (Å²) in [5, 5.41) is 17.6. The molecule has 0 fully saturated rings. The van der Waals surface area contributed by atoms with Gasteiger partial charge in [0.15, 0.2) is 0 Å². The van der Waals surface area contributed by atoms with Crippen molar-refractivity contribution in [3.63, 3.8) is 0 Å². The van der Waals surface area contributed by atoms with E-state index in [9.17, 15) is 10.1 Å². The van der Waals surface area contributed by atoms with Gasteiger partial charge in [-0.05, 0) is 46.3 Å². The maximum absolute atomic E-state index is 11.2. The van der Waals surface area contributed by atoms with Gasteiger partial charge in [-0.3, -0.25) is 10.1 Å². The molecule has 0 saturated carbocycles. The van der Waals surface area contributed by atoms with E-state index in [1.54, 1.807) is 43.4 Å². The number of anilines is 3. The summed E-state index contributed by atoms with van der Waals surface area (Å²) in [6.45, 7) is 0. The van der Waals surface area contributed by atoms with Gasteiger partial charge in [0.2, 0.25) is 0 Å². The van der Waals surface area contributed by atoms with Gasteiger partial charge in [-0.2, -0.15) is 0 Å². The molecule has 104 valence electrons. The molecule has 0 amide bonds. The van der Waals surface area contributed by atoms with Gasteiger partial charge < -0.3 is 10.6 Å². The number of nitro benzene ring substituents is 1. The van der Waals surface area contributed by atoms with E-state index in [-0.39, 0.29) is 5.69 Å². The summed E-state index contributed by atoms with van der Waals surface area (Å²) in [5.41, 5.74) is 1.52. The molecule has 0 bridgehead atoms. The van der Waals surface area contributed by atoms with Crippen molar-refractivity contribution in [2.24, 2.45) is 0 Å². The van der Waals surface area contributed by atoms with E-state index in [0.717, 1.165) is 4.47 Å². The molecule has 0 aliphatic heterocycles. The van der Waals surface area contributed by atoms with Crippen molar-refractivity contribution < 1.29 is 4.92 Å². The molecule has 2 N–H and O–H groups in total. The largest absolute Gasteiger partial charge is 0.382 e. The maximum Gasteiger partial charge on any atom is 0.315 e. The second-order valence-electron chi connectivity index (χ2n) is 3.96. The molecule has 2 aromatic carbocycles. The van der Waals surface area contributed by atoms with E-state index in [2.05, 4.69) is 26.6 Å². The smallest absolute Gasteiger partial charge is 0.315 e. The highest BCUT2D eigenvalue weighted by molar-refractivity contribution is 9.10. The second kappa shape index (κ2) is 6.11. The monoisotopic (exact) mass is 355 g/mol. The van der Waals surface area contributed by atoms with E-state index < -0.39 is 4.92 Å². The Kier molecular flexibility index (Phi) is 4.46. The number of hydrogen-bond acceptors (Lipinski definition) is 4. The van der Waals surface area contributed by atoms with Crippen LogP contribution in [0.3, 0.4) is 0 Å². The van der Waals surface area contributed by atoms with Crippen molar-refractivity contribution in [1.82, 2.24) is 0 Å². The lowest BCUT2D eigenvalue weighted by atomic mass is 10.2. The van der Waals surface area contributed by atoms with Crippen molar-refractivity contribution in [3.8, 4) is 0 Å². The summed E-state index contributed by atoms with van der Waals surface area (Å²) in [6, 6.07) is 10.3. The zero-order chi connectivity index (χ0) is 14.7. The minimum absolute atomic E-state index is 0.00552. The summed E-state index contributed by atoms with van der Waals surface area (Å²) >= 11 is 9.31. The average Bonchev–Trinajstić information content (AvgIpc) is 2.42. The Bertz CT molecular complexity index is 664. The lowest BCUT2D eigenvalue weighted by Gasteiger charge is -2.10. The van der Waals surface area contributed by atoms with Gasteiger partial charge in [-0.15, -0.1) is 0 Å². The van der Waals surface area contributed by atoms with Crippen LogP contribution in [0.5, 0.6) is 0 Å². The third-order valence-electron chi connectivity index (χ3n) is 2.69. The molecule has 0 aromatic heterocycles. The lowest BCUT2D eigenvalue weighted by molar-refractivity contribution is -0.383. The van der Waals surface area contributed by atoms with E-state index in [1.807, 2.05) is 0 Å². The van der Waals surface area contributed by atoms with Gasteiger partial charge in [0.25, 0.3) is 0 Å². The van der Waals surface area contributed by atoms with Gasteiger partial charge in [0.1, 0.15) is 11.4 Å². The summed E-state index contributed by atoms with van der Waals surface area (Å²) in [7, 11) is 1.64. The first kappa shape index (κ1) is 14.6. The summed E-state index contributed by atoms with van der Waals surface area (Å²) < 4.78 is 0.767. The molecule has 2 aromatic rings. The fourth-order valence-electron chi connectivity index (χ4n) is 1.77. The molecule has 0 saturated heterocycles. The second-order valence-corrected chi connectivity index (χ2v) is 5.22. The van der Waals surface area contributed by atoms with Gasteiger partial charge in [0, 0.05) is 17.2 Å². The lowest BCUT2D eigenvalue weighted by Crippen LogP contribution is -2.01. The third-order valence-corrected chi connectivity index (χ3v) is 3.92. The third kappa shape index (κ3) is 3.02. The highest BCUT2D eigenvalue weighted by Gasteiger charge is 2.19. The van der Waals surface area contributed by atoms with Gasteiger partial charge in [0.05, 0.1) is 9.95 Å². The molecule has 0 radical (unpaired) electrons. The molecule has 0 atom stereocenters. The number of halogens is 2. The number of benzene rings is 2. The van der Waals surface area contributed by atoms with Crippen molar-refractivity contribution in [1.29, 1.82) is 0 Å². The molecule has 0 spiro atoms. The molecular formula is C13H11BrClN3O2. The molecule has 0 aliphatic carbocycles. The van der Waals surface area contributed by atoms with Crippen LogP contribution in [0.1, 0.15) is 0 Å². The van der Waals surface area contributed by atoms with Crippen molar-refractivity contribution >= 4 is 50.3 Å². The molecule has 0 aliphatic rings. The van der Waals surface area contributed by atoms with Crippen LogP contribution in [0, 0.1) is 10.1 Å². The maximum atomic E-state index is 11.2. The molecule has 5 nitrogen and oxygen atoms in total. The SMILES string of the molecule is CNc1cccc(Nc2ccc(Br)c(Cl)c2)c1[N+](=O)[O-]. The van der Waals surface area contributed by atoms with Gasteiger partial charge in [-0.1, -0.05) is 17.7 Å². The van der Waals surface area contributed by atoms with Crippen LogP contribution in [0.15, 0.2) is 40.9 Å². The minimum atomic E-state index is -0.422. The molecule has 7 heteroatoms. The zero-order valence-electron chi connectivity index (χ0n) is 10.5. The van der Waals surface area contributed by atoms with Crippen LogP contribution in [0.2, 0.25) is 5.02 Å².